The highest BCUT2D eigenvalue weighted by atomic mass is 16.5. The highest BCUT2D eigenvalue weighted by Crippen LogP contribution is 2.25. The second-order valence-corrected chi connectivity index (χ2v) is 6.12. The largest absolute Gasteiger partial charge is 0.376 e. The lowest BCUT2D eigenvalue weighted by Crippen LogP contribution is -2.45. The van der Waals surface area contributed by atoms with Gasteiger partial charge in [-0.05, 0) is 13.3 Å². The molecule has 3 atom stereocenters. The van der Waals surface area contributed by atoms with E-state index in [4.69, 9.17) is 9.26 Å². The van der Waals surface area contributed by atoms with Crippen molar-refractivity contribution in [2.45, 2.75) is 31.5 Å². The smallest absolute Gasteiger partial charge is 0.322 e. The first-order valence-electron chi connectivity index (χ1n) is 7.79. The Labute approximate surface area is 129 Å². The lowest BCUT2D eigenvalue weighted by molar-refractivity contribution is -0.0390. The van der Waals surface area contributed by atoms with E-state index in [9.17, 15) is 0 Å². The van der Waals surface area contributed by atoms with Crippen LogP contribution in [0.3, 0.4) is 0 Å². The Balaban J connectivity index is 1.41. The summed E-state index contributed by atoms with van der Waals surface area (Å²) in [7, 11) is 0. The lowest BCUT2D eigenvalue weighted by Gasteiger charge is -2.33. The van der Waals surface area contributed by atoms with Gasteiger partial charge in [0.2, 0.25) is 5.82 Å². The van der Waals surface area contributed by atoms with E-state index in [0.29, 0.717) is 30.0 Å². The molecule has 2 aromatic rings. The first kappa shape index (κ1) is 13.7. The minimum absolute atomic E-state index is 0.322. The predicted molar refractivity (Wildman–Crippen MR) is 82.5 cm³/mol. The summed E-state index contributed by atoms with van der Waals surface area (Å²) in [4.78, 5) is 6.92. The van der Waals surface area contributed by atoms with Crippen molar-refractivity contribution < 1.29 is 9.26 Å². The molecule has 0 aliphatic carbocycles. The van der Waals surface area contributed by atoms with Crippen molar-refractivity contribution >= 4 is 6.01 Å². The van der Waals surface area contributed by atoms with Gasteiger partial charge in [-0.3, -0.25) is 4.90 Å². The maximum absolute atomic E-state index is 5.73. The van der Waals surface area contributed by atoms with E-state index in [-0.39, 0.29) is 0 Å². The number of hydrogen-bond donors (Lipinski definition) is 1. The Bertz CT molecular complexity index is 630. The van der Waals surface area contributed by atoms with Crippen LogP contribution in [0.2, 0.25) is 0 Å². The topological polar surface area (TPSA) is 63.4 Å². The number of nitrogens with zero attached hydrogens (tertiary/aromatic N) is 3. The number of aromatic nitrogens is 2. The van der Waals surface area contributed by atoms with Gasteiger partial charge in [-0.15, -0.1) is 0 Å². The molecule has 0 saturated carbocycles. The minimum atomic E-state index is 0.322. The number of benzene rings is 1. The van der Waals surface area contributed by atoms with Crippen molar-refractivity contribution in [3.8, 4) is 11.4 Å². The van der Waals surface area contributed by atoms with Gasteiger partial charge in [0.05, 0.1) is 12.7 Å². The molecule has 0 bridgehead atoms. The Morgan fingerprint density at radius 2 is 2.09 bits per heavy atom. The van der Waals surface area contributed by atoms with Gasteiger partial charge in [-0.25, -0.2) is 0 Å². The molecule has 0 radical (unpaired) electrons. The van der Waals surface area contributed by atoms with E-state index < -0.39 is 0 Å². The molecule has 2 fully saturated rings. The molecule has 1 aromatic carbocycles. The number of anilines is 1. The molecule has 2 aliphatic rings. The molecule has 1 aromatic heterocycles. The molecule has 6 heteroatoms. The van der Waals surface area contributed by atoms with E-state index in [1.807, 2.05) is 30.3 Å². The van der Waals surface area contributed by atoms with Crippen LogP contribution in [-0.4, -0.2) is 52.9 Å². The average Bonchev–Trinajstić information content (AvgIpc) is 3.14. The second kappa shape index (κ2) is 5.70. The Morgan fingerprint density at radius 1 is 1.23 bits per heavy atom. The normalized spacial score (nSPS) is 28.5. The highest BCUT2D eigenvalue weighted by molar-refractivity contribution is 5.55. The van der Waals surface area contributed by atoms with E-state index in [1.54, 1.807) is 0 Å². The molecule has 1 N–H and O–H groups in total. The van der Waals surface area contributed by atoms with E-state index >= 15 is 0 Å². The first-order chi connectivity index (χ1) is 10.8. The third-order valence-electron chi connectivity index (χ3n) is 4.38. The molecule has 0 spiro atoms. The Hall–Kier alpha value is -1.92. The third-order valence-corrected chi connectivity index (χ3v) is 4.38. The van der Waals surface area contributed by atoms with Gasteiger partial charge in [0.15, 0.2) is 0 Å². The van der Waals surface area contributed by atoms with E-state index in [0.717, 1.165) is 31.7 Å². The molecule has 3 heterocycles. The van der Waals surface area contributed by atoms with Crippen LogP contribution in [0.1, 0.15) is 13.3 Å². The fourth-order valence-electron chi connectivity index (χ4n) is 3.31. The summed E-state index contributed by atoms with van der Waals surface area (Å²) in [6, 6.07) is 11.2. The number of nitrogens with one attached hydrogen (secondary N) is 1. The molecule has 22 heavy (non-hydrogen) atoms. The van der Waals surface area contributed by atoms with Crippen LogP contribution in [0, 0.1) is 0 Å². The summed E-state index contributed by atoms with van der Waals surface area (Å²) in [5.74, 6) is 0.621. The number of rotatable bonds is 3. The second-order valence-electron chi connectivity index (χ2n) is 6.12. The van der Waals surface area contributed by atoms with E-state index in [1.165, 1.54) is 0 Å². The van der Waals surface area contributed by atoms with Gasteiger partial charge in [-0.1, -0.05) is 35.5 Å². The van der Waals surface area contributed by atoms with Crippen LogP contribution in [0.4, 0.5) is 6.01 Å². The number of hydrogen-bond acceptors (Lipinski definition) is 6. The summed E-state index contributed by atoms with van der Waals surface area (Å²) < 4.78 is 11.1. The number of ether oxygens (including phenoxy) is 1. The molecular weight excluding hydrogens is 280 g/mol. The average molecular weight is 300 g/mol. The van der Waals surface area contributed by atoms with Gasteiger partial charge < -0.3 is 14.6 Å². The van der Waals surface area contributed by atoms with Crippen LogP contribution >= 0.6 is 0 Å². The molecule has 0 amide bonds. The molecule has 0 unspecified atom stereocenters. The fourth-order valence-corrected chi connectivity index (χ4v) is 3.31. The van der Waals surface area contributed by atoms with Crippen LogP contribution in [0.15, 0.2) is 34.9 Å². The highest BCUT2D eigenvalue weighted by Gasteiger charge is 2.36. The number of morpholine rings is 1. The van der Waals surface area contributed by atoms with Crippen molar-refractivity contribution in [2.24, 2.45) is 0 Å². The lowest BCUT2D eigenvalue weighted by atomic mass is 10.1. The zero-order chi connectivity index (χ0) is 14.9. The molecule has 2 aliphatic heterocycles. The van der Waals surface area contributed by atoms with Crippen molar-refractivity contribution in [1.82, 2.24) is 15.0 Å². The summed E-state index contributed by atoms with van der Waals surface area (Å²) >= 11 is 0. The Kier molecular flexibility index (Phi) is 3.56. The molecule has 2 saturated heterocycles. The zero-order valence-corrected chi connectivity index (χ0v) is 12.6. The van der Waals surface area contributed by atoms with Crippen molar-refractivity contribution in [3.05, 3.63) is 30.3 Å². The fraction of sp³-hybridized carbons (Fsp3) is 0.500. The summed E-state index contributed by atoms with van der Waals surface area (Å²) in [5, 5.41) is 7.41. The zero-order valence-electron chi connectivity index (χ0n) is 12.6. The van der Waals surface area contributed by atoms with Gasteiger partial charge in [0.1, 0.15) is 0 Å². The Morgan fingerprint density at radius 3 is 2.95 bits per heavy atom. The first-order valence-corrected chi connectivity index (χ1v) is 7.79. The van der Waals surface area contributed by atoms with Crippen LogP contribution < -0.4 is 5.32 Å². The van der Waals surface area contributed by atoms with Crippen LogP contribution in [-0.2, 0) is 4.74 Å². The van der Waals surface area contributed by atoms with Gasteiger partial charge in [0, 0.05) is 30.7 Å². The SMILES string of the molecule is C[C@H]1CN2C[C@@H](Nc3nc(-c4ccccc4)no3)C[C@H]2CO1. The number of fused-ring (bicyclic) bond motifs is 1. The molecular formula is C16H20N4O2. The maximum Gasteiger partial charge on any atom is 0.322 e. The molecule has 4 rings (SSSR count). The van der Waals surface area contributed by atoms with Crippen LogP contribution in [0.25, 0.3) is 11.4 Å². The van der Waals surface area contributed by atoms with Crippen molar-refractivity contribution in [2.75, 3.05) is 25.0 Å². The summed E-state index contributed by atoms with van der Waals surface area (Å²) in [5.41, 5.74) is 0.963. The quantitative estimate of drug-likeness (QED) is 0.935. The van der Waals surface area contributed by atoms with Crippen molar-refractivity contribution in [1.29, 1.82) is 0 Å². The standard InChI is InChI=1S/C16H20N4O2/c1-11-8-20-9-13(7-14(20)10-21-11)17-16-18-15(19-22-16)12-5-3-2-4-6-12/h2-6,11,13-14H,7-10H2,1H3,(H,17,18,19)/t11-,13-,14-/m0/s1. The maximum atomic E-state index is 5.73. The van der Waals surface area contributed by atoms with E-state index in [2.05, 4.69) is 27.3 Å². The van der Waals surface area contributed by atoms with Gasteiger partial charge >= 0.3 is 6.01 Å². The molecule has 6 nitrogen and oxygen atoms in total. The van der Waals surface area contributed by atoms with Gasteiger partial charge in [0.25, 0.3) is 0 Å². The minimum Gasteiger partial charge on any atom is -0.376 e. The summed E-state index contributed by atoms with van der Waals surface area (Å²) in [6.45, 7) is 4.95. The predicted octanol–water partition coefficient (Wildman–Crippen LogP) is 2.01. The van der Waals surface area contributed by atoms with Crippen molar-refractivity contribution in [3.63, 3.8) is 0 Å². The third kappa shape index (κ3) is 2.71. The summed E-state index contributed by atoms with van der Waals surface area (Å²) in [6.07, 6.45) is 1.37. The molecule has 116 valence electrons. The monoisotopic (exact) mass is 300 g/mol. The van der Waals surface area contributed by atoms with Crippen LogP contribution in [0.5, 0.6) is 0 Å². The van der Waals surface area contributed by atoms with Gasteiger partial charge in [-0.2, -0.15) is 4.98 Å².